The highest BCUT2D eigenvalue weighted by molar-refractivity contribution is 7.92. The van der Waals surface area contributed by atoms with Crippen molar-refractivity contribution in [3.05, 3.63) is 46.4 Å². The number of anilines is 1. The number of aryl methyl sites for hydroxylation is 1. The number of carbonyl (C=O) groups excluding carboxylic acids is 1. The summed E-state index contributed by atoms with van der Waals surface area (Å²) in [6.45, 7) is 0.552. The number of aliphatic carboxylic acids is 1. The van der Waals surface area contributed by atoms with E-state index in [9.17, 15) is 23.1 Å². The van der Waals surface area contributed by atoms with Gasteiger partial charge < -0.3 is 26.6 Å². The summed E-state index contributed by atoms with van der Waals surface area (Å²) < 4.78 is 36.8. The van der Waals surface area contributed by atoms with Gasteiger partial charge in [0.2, 0.25) is 0 Å². The molecule has 7 N–H and O–H groups in total. The van der Waals surface area contributed by atoms with Gasteiger partial charge in [0.25, 0.3) is 15.9 Å². The predicted molar refractivity (Wildman–Crippen MR) is 142 cm³/mol. The largest absolute Gasteiger partial charge is 0.492 e. The third-order valence-electron chi connectivity index (χ3n) is 5.74. The van der Waals surface area contributed by atoms with E-state index in [4.69, 9.17) is 16.2 Å². The van der Waals surface area contributed by atoms with Crippen LogP contribution in [0.5, 0.6) is 5.75 Å². The second-order valence-electron chi connectivity index (χ2n) is 8.55. The average molecular weight is 562 g/mol. The van der Waals surface area contributed by atoms with Crippen LogP contribution in [0.2, 0.25) is 0 Å². The highest BCUT2D eigenvalue weighted by atomic mass is 32.2. The molecule has 202 valence electrons. The van der Waals surface area contributed by atoms with Crippen LogP contribution in [-0.4, -0.2) is 60.3 Å². The first kappa shape index (κ1) is 26.9. The van der Waals surface area contributed by atoms with Crippen LogP contribution in [0.25, 0.3) is 11.1 Å². The van der Waals surface area contributed by atoms with Crippen LogP contribution < -0.4 is 26.2 Å². The van der Waals surface area contributed by atoms with E-state index in [1.54, 1.807) is 24.1 Å². The maximum atomic E-state index is 13.5. The number of aliphatic imine (C=N–C) groups is 1. The average Bonchev–Trinajstić information content (AvgIpc) is 3.60. The molecule has 38 heavy (non-hydrogen) atoms. The number of thiophene rings is 1. The first-order valence-electron chi connectivity index (χ1n) is 11.5. The van der Waals surface area contributed by atoms with Gasteiger partial charge in [-0.2, -0.15) is 5.10 Å². The van der Waals surface area contributed by atoms with Crippen LogP contribution in [0, 0.1) is 0 Å². The highest BCUT2D eigenvalue weighted by Gasteiger charge is 2.29. The van der Waals surface area contributed by atoms with E-state index in [0.29, 0.717) is 25.0 Å². The number of hydrogen-bond acceptors (Lipinski definition) is 8. The summed E-state index contributed by atoms with van der Waals surface area (Å²) in [6, 6.07) is 3.61. The van der Waals surface area contributed by atoms with Crippen molar-refractivity contribution in [3.8, 4) is 16.9 Å². The van der Waals surface area contributed by atoms with Crippen molar-refractivity contribution < 1.29 is 27.9 Å². The molecule has 13 nitrogen and oxygen atoms in total. The Morgan fingerprint density at radius 2 is 2.11 bits per heavy atom. The van der Waals surface area contributed by atoms with Crippen LogP contribution >= 0.6 is 11.3 Å². The van der Waals surface area contributed by atoms with Gasteiger partial charge in [-0.3, -0.25) is 19.2 Å². The fourth-order valence-electron chi connectivity index (χ4n) is 3.96. The minimum absolute atomic E-state index is 0.0185. The number of carbonyl (C=O) groups is 2. The number of guanidine groups is 1. The van der Waals surface area contributed by atoms with Gasteiger partial charge >= 0.3 is 5.97 Å². The summed E-state index contributed by atoms with van der Waals surface area (Å²) in [5.41, 5.74) is 12.7. The van der Waals surface area contributed by atoms with E-state index in [2.05, 4.69) is 20.1 Å². The van der Waals surface area contributed by atoms with Gasteiger partial charge in [-0.1, -0.05) is 0 Å². The van der Waals surface area contributed by atoms with Crippen molar-refractivity contribution in [2.75, 3.05) is 17.9 Å². The SMILES string of the molecule is Cn1cc(-c2cc3c(c(S(=O)(=O)Nc4ccsc4C(=O)N[C@@H](CCCN=C(N)N)C(=O)O)c2)OCC3)cn1. The maximum absolute atomic E-state index is 13.5. The Hall–Kier alpha value is -4.11. The Morgan fingerprint density at radius 1 is 1.32 bits per heavy atom. The quantitative estimate of drug-likeness (QED) is 0.129. The van der Waals surface area contributed by atoms with Gasteiger partial charge in [0.1, 0.15) is 21.6 Å². The summed E-state index contributed by atoms with van der Waals surface area (Å²) in [5.74, 6) is -1.81. The van der Waals surface area contributed by atoms with Crippen molar-refractivity contribution in [3.63, 3.8) is 0 Å². The maximum Gasteiger partial charge on any atom is 0.326 e. The van der Waals surface area contributed by atoms with Crippen LogP contribution in [0.4, 0.5) is 5.69 Å². The molecule has 0 spiro atoms. The summed E-state index contributed by atoms with van der Waals surface area (Å²) in [4.78, 5) is 28.3. The minimum Gasteiger partial charge on any atom is -0.492 e. The van der Waals surface area contributed by atoms with E-state index in [-0.39, 0.29) is 40.1 Å². The van der Waals surface area contributed by atoms with Gasteiger partial charge in [0.05, 0.1) is 18.5 Å². The number of aromatic nitrogens is 2. The number of nitrogens with two attached hydrogens (primary N) is 2. The number of hydrogen-bond donors (Lipinski definition) is 5. The number of benzene rings is 1. The molecule has 4 rings (SSSR count). The molecule has 0 unspecified atom stereocenters. The number of carboxylic acid groups (broad SMARTS) is 1. The molecule has 0 fully saturated rings. The van der Waals surface area contributed by atoms with Crippen LogP contribution in [0.1, 0.15) is 28.1 Å². The zero-order valence-corrected chi connectivity index (χ0v) is 22.0. The fraction of sp³-hybridized carbons (Fsp3) is 0.304. The van der Waals surface area contributed by atoms with Gasteiger partial charge in [-0.05, 0) is 47.5 Å². The number of nitrogens with zero attached hydrogens (tertiary/aromatic N) is 3. The smallest absolute Gasteiger partial charge is 0.326 e. The number of carboxylic acids is 1. The predicted octanol–water partition coefficient (Wildman–Crippen LogP) is 1.12. The summed E-state index contributed by atoms with van der Waals surface area (Å²) in [7, 11) is -2.42. The van der Waals surface area contributed by atoms with Gasteiger partial charge in [-0.15, -0.1) is 11.3 Å². The lowest BCUT2D eigenvalue weighted by Crippen LogP contribution is -2.40. The lowest BCUT2D eigenvalue weighted by atomic mass is 10.0. The van der Waals surface area contributed by atoms with Crippen molar-refractivity contribution in [1.82, 2.24) is 15.1 Å². The van der Waals surface area contributed by atoms with Gasteiger partial charge in [0, 0.05) is 31.8 Å². The topological polar surface area (TPSA) is 204 Å². The molecule has 1 amide bonds. The molecule has 0 radical (unpaired) electrons. The molecule has 0 saturated carbocycles. The molecule has 0 saturated heterocycles. The number of nitrogens with one attached hydrogen (secondary N) is 2. The Labute approximate surface area is 222 Å². The molecule has 1 atom stereocenters. The second-order valence-corrected chi connectivity index (χ2v) is 11.1. The van der Waals surface area contributed by atoms with Crippen molar-refractivity contribution >= 4 is 44.9 Å². The van der Waals surface area contributed by atoms with Crippen LogP contribution in [0.15, 0.2) is 45.9 Å². The second kappa shape index (κ2) is 11.1. The lowest BCUT2D eigenvalue weighted by Gasteiger charge is -2.15. The molecule has 2 aromatic heterocycles. The molecular weight excluding hydrogens is 534 g/mol. The molecule has 1 aromatic carbocycles. The van der Waals surface area contributed by atoms with Crippen molar-refractivity contribution in [2.45, 2.75) is 30.2 Å². The Bertz CT molecular complexity index is 1490. The standard InChI is InChI=1S/C23H27N7O6S2/c1-30-12-15(11-27-30)14-9-13-4-7-36-19(13)18(10-14)38(34,35)29-16-5-8-37-20(16)21(31)28-17(22(32)33)3-2-6-26-23(24)25/h5,8-12,17,29H,2-4,6-7H2,1H3,(H,28,31)(H,32,33)(H4,24,25,26)/t17-/m0/s1. The lowest BCUT2D eigenvalue weighted by molar-refractivity contribution is -0.139. The van der Waals surface area contributed by atoms with E-state index < -0.39 is 27.9 Å². The monoisotopic (exact) mass is 561 g/mol. The Kier molecular flexibility index (Phi) is 7.87. The summed E-state index contributed by atoms with van der Waals surface area (Å²) in [6.07, 6.45) is 4.36. The zero-order chi connectivity index (χ0) is 27.4. The fourth-order valence-corrected chi connectivity index (χ4v) is 6.06. The van der Waals surface area contributed by atoms with Crippen LogP contribution in [-0.2, 0) is 28.3 Å². The number of sulfonamides is 1. The van der Waals surface area contributed by atoms with Crippen molar-refractivity contribution in [1.29, 1.82) is 0 Å². The third-order valence-corrected chi connectivity index (χ3v) is 8.03. The minimum atomic E-state index is -4.19. The Balaban J connectivity index is 1.56. The zero-order valence-electron chi connectivity index (χ0n) is 20.4. The molecule has 3 heterocycles. The molecule has 1 aliphatic rings. The normalized spacial score (nSPS) is 13.3. The number of fused-ring (bicyclic) bond motifs is 1. The summed E-state index contributed by atoms with van der Waals surface area (Å²) in [5, 5.41) is 17.6. The van der Waals surface area contributed by atoms with Crippen LogP contribution in [0.3, 0.4) is 0 Å². The Morgan fingerprint density at radius 3 is 2.79 bits per heavy atom. The van der Waals surface area contributed by atoms with E-state index in [1.807, 2.05) is 6.07 Å². The van der Waals surface area contributed by atoms with Crippen molar-refractivity contribution in [2.24, 2.45) is 23.5 Å². The highest BCUT2D eigenvalue weighted by Crippen LogP contribution is 2.38. The third kappa shape index (κ3) is 6.06. The molecule has 15 heteroatoms. The van der Waals surface area contributed by atoms with E-state index >= 15 is 0 Å². The first-order valence-corrected chi connectivity index (χ1v) is 13.9. The number of rotatable bonds is 11. The van der Waals surface area contributed by atoms with Gasteiger partial charge in [0.15, 0.2) is 5.96 Å². The number of ether oxygens (including phenoxy) is 1. The van der Waals surface area contributed by atoms with E-state index in [0.717, 1.165) is 22.5 Å². The molecule has 1 aliphatic heterocycles. The molecule has 0 bridgehead atoms. The molecule has 0 aliphatic carbocycles. The molecule has 3 aromatic rings. The van der Waals surface area contributed by atoms with E-state index in [1.165, 1.54) is 17.5 Å². The summed E-state index contributed by atoms with van der Waals surface area (Å²) >= 11 is 0.979. The molecular formula is C23H27N7O6S2. The first-order chi connectivity index (χ1) is 18.0. The number of amides is 1. The van der Waals surface area contributed by atoms with Gasteiger partial charge in [-0.25, -0.2) is 13.2 Å².